The zero-order chi connectivity index (χ0) is 13.7. The molecule has 1 saturated heterocycles. The van der Waals surface area contributed by atoms with Crippen molar-refractivity contribution in [2.24, 2.45) is 0 Å². The van der Waals surface area contributed by atoms with Gasteiger partial charge in [0, 0.05) is 38.8 Å². The van der Waals surface area contributed by atoms with Crippen LogP contribution in [0.5, 0.6) is 0 Å². The predicted octanol–water partition coefficient (Wildman–Crippen LogP) is 1.75. The van der Waals surface area contributed by atoms with E-state index in [1.54, 1.807) is 0 Å². The van der Waals surface area contributed by atoms with Gasteiger partial charge in [0.1, 0.15) is 0 Å². The zero-order valence-electron chi connectivity index (χ0n) is 12.2. The molecule has 1 atom stereocenters. The lowest BCUT2D eigenvalue weighted by Crippen LogP contribution is -2.51. The van der Waals surface area contributed by atoms with Gasteiger partial charge in [-0.15, -0.1) is 0 Å². The van der Waals surface area contributed by atoms with Crippen LogP contribution in [0.2, 0.25) is 0 Å². The molecule has 3 heteroatoms. The standard InChI is InChI=1S/C16H26N2O/c1-3-14-4-6-15(7-5-14)12-18-10-9-17(2)16(13-18)8-11-19/h4-7,16,19H,3,8-13H2,1-2H3. The van der Waals surface area contributed by atoms with E-state index >= 15 is 0 Å². The van der Waals surface area contributed by atoms with Gasteiger partial charge in [0.2, 0.25) is 0 Å². The summed E-state index contributed by atoms with van der Waals surface area (Å²) in [4.78, 5) is 4.87. The summed E-state index contributed by atoms with van der Waals surface area (Å²) in [6.45, 7) is 6.78. The Morgan fingerprint density at radius 3 is 2.47 bits per heavy atom. The van der Waals surface area contributed by atoms with Gasteiger partial charge < -0.3 is 10.0 Å². The summed E-state index contributed by atoms with van der Waals surface area (Å²) in [5.41, 5.74) is 2.80. The predicted molar refractivity (Wildman–Crippen MR) is 79.2 cm³/mol. The summed E-state index contributed by atoms with van der Waals surface area (Å²) in [6.07, 6.45) is 1.98. The minimum absolute atomic E-state index is 0.286. The van der Waals surface area contributed by atoms with Gasteiger partial charge in [0.25, 0.3) is 0 Å². The Balaban J connectivity index is 1.91. The highest BCUT2D eigenvalue weighted by molar-refractivity contribution is 5.22. The van der Waals surface area contributed by atoms with Gasteiger partial charge in [-0.05, 0) is 31.0 Å². The Morgan fingerprint density at radius 2 is 1.84 bits per heavy atom. The SMILES string of the molecule is CCc1ccc(CN2CCN(C)C(CCO)C2)cc1. The average Bonchev–Trinajstić information content (AvgIpc) is 2.44. The molecular formula is C16H26N2O. The quantitative estimate of drug-likeness (QED) is 0.876. The molecule has 19 heavy (non-hydrogen) atoms. The molecule has 1 heterocycles. The average molecular weight is 262 g/mol. The van der Waals surface area contributed by atoms with E-state index in [1.807, 2.05) is 0 Å². The molecule has 1 aromatic carbocycles. The Hall–Kier alpha value is -0.900. The molecule has 3 nitrogen and oxygen atoms in total. The van der Waals surface area contributed by atoms with Crippen LogP contribution < -0.4 is 0 Å². The first kappa shape index (κ1) is 14.5. The number of aliphatic hydroxyl groups excluding tert-OH is 1. The number of aliphatic hydroxyl groups is 1. The molecule has 1 N–H and O–H groups in total. The second kappa shape index (κ2) is 7.04. The van der Waals surface area contributed by atoms with Crippen LogP contribution in [0.15, 0.2) is 24.3 Å². The second-order valence-corrected chi connectivity index (χ2v) is 5.55. The van der Waals surface area contributed by atoms with Gasteiger partial charge in [-0.2, -0.15) is 0 Å². The van der Waals surface area contributed by atoms with Crippen LogP contribution in [0.3, 0.4) is 0 Å². The molecule has 1 unspecified atom stereocenters. The molecule has 106 valence electrons. The molecule has 1 aromatic rings. The molecule has 0 bridgehead atoms. The molecule has 0 saturated carbocycles. The maximum Gasteiger partial charge on any atom is 0.0446 e. The number of aryl methyl sites for hydroxylation is 1. The number of hydrogen-bond donors (Lipinski definition) is 1. The number of nitrogens with zero attached hydrogens (tertiary/aromatic N) is 2. The monoisotopic (exact) mass is 262 g/mol. The second-order valence-electron chi connectivity index (χ2n) is 5.55. The molecular weight excluding hydrogens is 236 g/mol. The Labute approximate surface area is 116 Å². The third-order valence-electron chi connectivity index (χ3n) is 4.16. The molecule has 0 aromatic heterocycles. The van der Waals surface area contributed by atoms with E-state index in [1.165, 1.54) is 11.1 Å². The van der Waals surface area contributed by atoms with Crippen molar-refractivity contribution in [3.63, 3.8) is 0 Å². The first-order valence-corrected chi connectivity index (χ1v) is 7.34. The summed E-state index contributed by atoms with van der Waals surface area (Å²) >= 11 is 0. The first-order valence-electron chi connectivity index (χ1n) is 7.34. The van der Waals surface area contributed by atoms with E-state index in [9.17, 15) is 0 Å². The van der Waals surface area contributed by atoms with Crippen LogP contribution in [-0.4, -0.2) is 54.2 Å². The first-order chi connectivity index (χ1) is 9.22. The summed E-state index contributed by atoms with van der Waals surface area (Å²) in [6, 6.07) is 9.46. The highest BCUT2D eigenvalue weighted by Gasteiger charge is 2.23. The van der Waals surface area contributed by atoms with Crippen molar-refractivity contribution in [2.75, 3.05) is 33.3 Å². The maximum atomic E-state index is 9.12. The van der Waals surface area contributed by atoms with Crippen LogP contribution in [-0.2, 0) is 13.0 Å². The Morgan fingerprint density at radius 1 is 1.16 bits per heavy atom. The van der Waals surface area contributed by atoms with Crippen LogP contribution in [0.4, 0.5) is 0 Å². The smallest absolute Gasteiger partial charge is 0.0446 e. The van der Waals surface area contributed by atoms with Crippen LogP contribution in [0.1, 0.15) is 24.5 Å². The van der Waals surface area contributed by atoms with Gasteiger partial charge in [0.15, 0.2) is 0 Å². The van der Waals surface area contributed by atoms with E-state index in [2.05, 4.69) is 48.0 Å². The van der Waals surface area contributed by atoms with Crippen molar-refractivity contribution >= 4 is 0 Å². The molecule has 0 amide bonds. The molecule has 0 radical (unpaired) electrons. The van der Waals surface area contributed by atoms with Crippen molar-refractivity contribution in [3.05, 3.63) is 35.4 Å². The lowest BCUT2D eigenvalue weighted by atomic mass is 10.1. The lowest BCUT2D eigenvalue weighted by molar-refractivity contribution is 0.0743. The van der Waals surface area contributed by atoms with E-state index in [0.717, 1.165) is 39.0 Å². The van der Waals surface area contributed by atoms with Crippen LogP contribution in [0, 0.1) is 0 Å². The van der Waals surface area contributed by atoms with Crippen molar-refractivity contribution in [3.8, 4) is 0 Å². The zero-order valence-corrected chi connectivity index (χ0v) is 12.2. The number of likely N-dealkylation sites (N-methyl/N-ethyl adjacent to an activating group) is 1. The number of piperazine rings is 1. The Kier molecular flexibility index (Phi) is 5.37. The van der Waals surface area contributed by atoms with E-state index in [-0.39, 0.29) is 6.61 Å². The third kappa shape index (κ3) is 4.03. The van der Waals surface area contributed by atoms with Crippen molar-refractivity contribution in [2.45, 2.75) is 32.4 Å². The van der Waals surface area contributed by atoms with Crippen molar-refractivity contribution in [1.82, 2.24) is 9.80 Å². The third-order valence-corrected chi connectivity index (χ3v) is 4.16. The topological polar surface area (TPSA) is 26.7 Å². The molecule has 0 aliphatic carbocycles. The number of rotatable bonds is 5. The molecule has 1 aliphatic heterocycles. The lowest BCUT2D eigenvalue weighted by Gasteiger charge is -2.39. The normalized spacial score (nSPS) is 21.7. The Bertz CT molecular complexity index is 377. The fourth-order valence-electron chi connectivity index (χ4n) is 2.75. The molecule has 1 aliphatic rings. The molecule has 2 rings (SSSR count). The van der Waals surface area contributed by atoms with E-state index in [0.29, 0.717) is 6.04 Å². The van der Waals surface area contributed by atoms with Crippen LogP contribution >= 0.6 is 0 Å². The van der Waals surface area contributed by atoms with Crippen LogP contribution in [0.25, 0.3) is 0 Å². The largest absolute Gasteiger partial charge is 0.396 e. The summed E-state index contributed by atoms with van der Waals surface area (Å²) in [7, 11) is 2.16. The minimum atomic E-state index is 0.286. The van der Waals surface area contributed by atoms with Gasteiger partial charge >= 0.3 is 0 Å². The summed E-state index contributed by atoms with van der Waals surface area (Å²) in [5, 5.41) is 9.12. The molecule has 1 fully saturated rings. The minimum Gasteiger partial charge on any atom is -0.396 e. The maximum absolute atomic E-state index is 9.12. The highest BCUT2D eigenvalue weighted by atomic mass is 16.3. The van der Waals surface area contributed by atoms with E-state index < -0.39 is 0 Å². The number of benzene rings is 1. The highest BCUT2D eigenvalue weighted by Crippen LogP contribution is 2.14. The van der Waals surface area contributed by atoms with Gasteiger partial charge in [-0.25, -0.2) is 0 Å². The van der Waals surface area contributed by atoms with Gasteiger partial charge in [-0.1, -0.05) is 31.2 Å². The summed E-state index contributed by atoms with van der Waals surface area (Å²) < 4.78 is 0. The van der Waals surface area contributed by atoms with Crippen molar-refractivity contribution < 1.29 is 5.11 Å². The van der Waals surface area contributed by atoms with Gasteiger partial charge in [0.05, 0.1) is 0 Å². The number of hydrogen-bond acceptors (Lipinski definition) is 3. The fourth-order valence-corrected chi connectivity index (χ4v) is 2.75. The van der Waals surface area contributed by atoms with Gasteiger partial charge in [-0.3, -0.25) is 4.90 Å². The van der Waals surface area contributed by atoms with Crippen molar-refractivity contribution in [1.29, 1.82) is 0 Å². The summed E-state index contributed by atoms with van der Waals surface area (Å²) in [5.74, 6) is 0. The van der Waals surface area contributed by atoms with E-state index in [4.69, 9.17) is 5.11 Å². The fraction of sp³-hybridized carbons (Fsp3) is 0.625. The molecule has 0 spiro atoms.